The molecule has 28 heavy (non-hydrogen) atoms. The number of hydrogen-bond acceptors (Lipinski definition) is 3. The molecule has 1 N–H and O–H groups in total. The first-order valence-corrected chi connectivity index (χ1v) is 10.9. The Morgan fingerprint density at radius 1 is 1.11 bits per heavy atom. The van der Waals surface area contributed by atoms with E-state index >= 15 is 0 Å². The first-order chi connectivity index (χ1) is 13.0. The van der Waals surface area contributed by atoms with Crippen molar-refractivity contribution in [2.75, 3.05) is 13.6 Å². The van der Waals surface area contributed by atoms with E-state index in [2.05, 4.69) is 31.3 Å². The van der Waals surface area contributed by atoms with Gasteiger partial charge >= 0.3 is 0 Å². The minimum absolute atomic E-state index is 0.102. The van der Waals surface area contributed by atoms with Crippen LogP contribution in [0.1, 0.15) is 32.8 Å². The Morgan fingerprint density at radius 2 is 1.68 bits per heavy atom. The fourth-order valence-corrected chi connectivity index (χ4v) is 4.47. The summed E-state index contributed by atoms with van der Waals surface area (Å²) >= 11 is 5.81. The zero-order chi connectivity index (χ0) is 20.9. The summed E-state index contributed by atoms with van der Waals surface area (Å²) in [5.74, 6) is -0.337. The molecule has 5 nitrogen and oxygen atoms in total. The number of nitrogens with zero attached hydrogens (tertiary/aromatic N) is 1. The Morgan fingerprint density at radius 3 is 2.25 bits per heavy atom. The van der Waals surface area contributed by atoms with Gasteiger partial charge in [-0.05, 0) is 48.6 Å². The molecule has 1 amide bonds. The molecule has 2 rings (SSSR count). The van der Waals surface area contributed by atoms with Crippen LogP contribution in [0.15, 0.2) is 59.5 Å². The molecule has 0 heterocycles. The largest absolute Gasteiger partial charge is 0.352 e. The molecule has 0 saturated carbocycles. The normalized spacial score (nSPS) is 13.4. The lowest BCUT2D eigenvalue weighted by Crippen LogP contribution is -2.43. The van der Waals surface area contributed by atoms with Gasteiger partial charge in [0.2, 0.25) is 15.9 Å². The molecule has 0 fully saturated rings. The standard InChI is InChI=1S/C21H27ClN2O3S/c1-16(14-21(2,3)17-8-6-5-7-9-17)23-20(25)15-24(4)28(26,27)19-12-10-18(22)11-13-19/h5-13,16H,14-15H2,1-4H3,(H,23,25). The van der Waals surface area contributed by atoms with Gasteiger partial charge in [0, 0.05) is 18.1 Å². The van der Waals surface area contributed by atoms with E-state index < -0.39 is 10.0 Å². The number of rotatable bonds is 8. The average molecular weight is 423 g/mol. The SMILES string of the molecule is CC(CC(C)(C)c1ccccc1)NC(=O)CN(C)S(=O)(=O)c1ccc(Cl)cc1. The van der Waals surface area contributed by atoms with Crippen LogP contribution in [0.5, 0.6) is 0 Å². The lowest BCUT2D eigenvalue weighted by atomic mass is 9.79. The Hall–Kier alpha value is -1.89. The second kappa shape index (κ2) is 9.07. The molecule has 0 aliphatic heterocycles. The third kappa shape index (κ3) is 5.80. The first-order valence-electron chi connectivity index (χ1n) is 9.09. The molecule has 0 spiro atoms. The van der Waals surface area contributed by atoms with E-state index in [4.69, 9.17) is 11.6 Å². The van der Waals surface area contributed by atoms with Crippen LogP contribution in [0.25, 0.3) is 0 Å². The van der Waals surface area contributed by atoms with E-state index in [-0.39, 0.29) is 28.8 Å². The van der Waals surface area contributed by atoms with Crippen LogP contribution < -0.4 is 5.32 Å². The van der Waals surface area contributed by atoms with Crippen molar-refractivity contribution in [1.82, 2.24) is 9.62 Å². The lowest BCUT2D eigenvalue weighted by Gasteiger charge is -2.29. The Labute approximate surface area is 172 Å². The van der Waals surface area contributed by atoms with Crippen molar-refractivity contribution in [1.29, 1.82) is 0 Å². The molecule has 152 valence electrons. The zero-order valence-electron chi connectivity index (χ0n) is 16.6. The zero-order valence-corrected chi connectivity index (χ0v) is 18.2. The van der Waals surface area contributed by atoms with Crippen LogP contribution in [0.2, 0.25) is 5.02 Å². The number of sulfonamides is 1. The molecule has 0 aliphatic carbocycles. The van der Waals surface area contributed by atoms with Crippen molar-refractivity contribution < 1.29 is 13.2 Å². The van der Waals surface area contributed by atoms with Gasteiger partial charge in [-0.3, -0.25) is 4.79 Å². The maximum Gasteiger partial charge on any atom is 0.243 e. The maximum absolute atomic E-state index is 12.6. The molecule has 1 unspecified atom stereocenters. The third-order valence-electron chi connectivity index (χ3n) is 4.67. The van der Waals surface area contributed by atoms with Gasteiger partial charge in [0.05, 0.1) is 11.4 Å². The van der Waals surface area contributed by atoms with Gasteiger partial charge < -0.3 is 5.32 Å². The third-order valence-corrected chi connectivity index (χ3v) is 6.74. The lowest BCUT2D eigenvalue weighted by molar-refractivity contribution is -0.121. The molecular formula is C21H27ClN2O3S. The van der Waals surface area contributed by atoms with Crippen molar-refractivity contribution in [3.8, 4) is 0 Å². The molecule has 1 atom stereocenters. The molecule has 2 aromatic carbocycles. The van der Waals surface area contributed by atoms with Crippen LogP contribution in [-0.2, 0) is 20.2 Å². The minimum Gasteiger partial charge on any atom is -0.352 e. The number of benzene rings is 2. The summed E-state index contributed by atoms with van der Waals surface area (Å²) in [4.78, 5) is 12.5. The molecule has 0 aromatic heterocycles. The van der Waals surface area contributed by atoms with E-state index in [0.29, 0.717) is 5.02 Å². The maximum atomic E-state index is 12.6. The van der Waals surface area contributed by atoms with Gasteiger partial charge in [0.1, 0.15) is 0 Å². The summed E-state index contributed by atoms with van der Waals surface area (Å²) in [6.07, 6.45) is 0.733. The number of hydrogen-bond donors (Lipinski definition) is 1. The quantitative estimate of drug-likeness (QED) is 0.702. The molecule has 0 radical (unpaired) electrons. The first kappa shape index (κ1) is 22.4. The highest BCUT2D eigenvalue weighted by atomic mass is 35.5. The number of amides is 1. The van der Waals surface area contributed by atoms with Crippen LogP contribution in [0.3, 0.4) is 0 Å². The number of carbonyl (C=O) groups is 1. The molecule has 0 bridgehead atoms. The predicted octanol–water partition coefficient (Wildman–Crippen LogP) is 3.83. The number of halogens is 1. The molecule has 2 aromatic rings. The number of nitrogens with one attached hydrogen (secondary N) is 1. The highest BCUT2D eigenvalue weighted by Gasteiger charge is 2.26. The van der Waals surface area contributed by atoms with Crippen molar-refractivity contribution in [2.45, 2.75) is 43.5 Å². The topological polar surface area (TPSA) is 66.5 Å². The molecular weight excluding hydrogens is 396 g/mol. The molecule has 7 heteroatoms. The van der Waals surface area contributed by atoms with Gasteiger partial charge in [0.15, 0.2) is 0 Å². The Balaban J connectivity index is 1.96. The fraction of sp³-hybridized carbons (Fsp3) is 0.381. The van der Waals surface area contributed by atoms with Gasteiger partial charge in [-0.1, -0.05) is 55.8 Å². The highest BCUT2D eigenvalue weighted by molar-refractivity contribution is 7.89. The van der Waals surface area contributed by atoms with Crippen molar-refractivity contribution in [2.24, 2.45) is 0 Å². The van der Waals surface area contributed by atoms with Crippen molar-refractivity contribution in [3.63, 3.8) is 0 Å². The summed E-state index contributed by atoms with van der Waals surface area (Å²) in [6, 6.07) is 15.9. The minimum atomic E-state index is -3.75. The van der Waals surface area contributed by atoms with Crippen LogP contribution in [0.4, 0.5) is 0 Å². The second-order valence-electron chi connectivity index (χ2n) is 7.64. The van der Waals surface area contributed by atoms with E-state index in [9.17, 15) is 13.2 Å². The smallest absolute Gasteiger partial charge is 0.243 e. The average Bonchev–Trinajstić information content (AvgIpc) is 2.62. The molecule has 0 aliphatic rings. The summed E-state index contributed by atoms with van der Waals surface area (Å²) in [5, 5.41) is 3.36. The van der Waals surface area contributed by atoms with Gasteiger partial charge in [0.25, 0.3) is 0 Å². The van der Waals surface area contributed by atoms with Gasteiger partial charge in [-0.2, -0.15) is 4.31 Å². The predicted molar refractivity (Wildman–Crippen MR) is 113 cm³/mol. The highest BCUT2D eigenvalue weighted by Crippen LogP contribution is 2.28. The summed E-state index contributed by atoms with van der Waals surface area (Å²) in [5.41, 5.74) is 1.08. The number of likely N-dealkylation sites (N-methyl/N-ethyl adjacent to an activating group) is 1. The van der Waals surface area contributed by atoms with E-state index in [1.807, 2.05) is 25.1 Å². The van der Waals surface area contributed by atoms with Crippen molar-refractivity contribution in [3.05, 3.63) is 65.2 Å². The Kier molecular flexibility index (Phi) is 7.26. The van der Waals surface area contributed by atoms with Gasteiger partial charge in [-0.15, -0.1) is 0 Å². The number of carbonyl (C=O) groups excluding carboxylic acids is 1. The van der Waals surface area contributed by atoms with Gasteiger partial charge in [-0.25, -0.2) is 8.42 Å². The van der Waals surface area contributed by atoms with Crippen molar-refractivity contribution >= 4 is 27.5 Å². The second-order valence-corrected chi connectivity index (χ2v) is 10.1. The van der Waals surface area contributed by atoms with E-state index in [1.165, 1.54) is 36.9 Å². The van der Waals surface area contributed by atoms with Crippen LogP contribution in [0, 0.1) is 0 Å². The van der Waals surface area contributed by atoms with E-state index in [0.717, 1.165) is 10.7 Å². The molecule has 0 saturated heterocycles. The van der Waals surface area contributed by atoms with E-state index in [1.54, 1.807) is 0 Å². The summed E-state index contributed by atoms with van der Waals surface area (Å²) < 4.78 is 26.2. The fourth-order valence-electron chi connectivity index (χ4n) is 3.22. The Bertz CT molecular complexity index is 897. The van der Waals surface area contributed by atoms with Crippen LogP contribution >= 0.6 is 11.6 Å². The monoisotopic (exact) mass is 422 g/mol. The van der Waals surface area contributed by atoms with Crippen LogP contribution in [-0.4, -0.2) is 38.3 Å². The summed E-state index contributed by atoms with van der Waals surface area (Å²) in [7, 11) is -2.36. The summed E-state index contributed by atoms with van der Waals surface area (Å²) in [6.45, 7) is 5.93.